The highest BCUT2D eigenvalue weighted by Gasteiger charge is 2.13. The molecule has 2 rings (SSSR count). The van der Waals surface area contributed by atoms with E-state index in [0.29, 0.717) is 23.6 Å². The van der Waals surface area contributed by atoms with Gasteiger partial charge in [0.25, 0.3) is 0 Å². The zero-order chi connectivity index (χ0) is 13.7. The molecule has 0 unspecified atom stereocenters. The largest absolute Gasteiger partial charge is 0.465 e. The second kappa shape index (κ2) is 6.19. The summed E-state index contributed by atoms with van der Waals surface area (Å²) in [5.74, 6) is 0.0546. The quantitative estimate of drug-likeness (QED) is 0.819. The van der Waals surface area contributed by atoms with Crippen LogP contribution in [-0.2, 0) is 11.2 Å². The molecule has 0 saturated heterocycles. The third-order valence-corrected chi connectivity index (χ3v) is 3.41. The zero-order valence-electron chi connectivity index (χ0n) is 10.6. The average Bonchev–Trinajstić information content (AvgIpc) is 2.93. The molecule has 2 aromatic heterocycles. The first-order valence-corrected chi connectivity index (χ1v) is 6.74. The molecule has 0 aromatic carbocycles. The van der Waals surface area contributed by atoms with Gasteiger partial charge in [-0.1, -0.05) is 0 Å². The summed E-state index contributed by atoms with van der Waals surface area (Å²) in [6, 6.07) is 3.62. The molecule has 2 heterocycles. The van der Waals surface area contributed by atoms with Gasteiger partial charge in [-0.3, -0.25) is 0 Å². The van der Waals surface area contributed by atoms with E-state index in [1.165, 1.54) is 18.9 Å². The summed E-state index contributed by atoms with van der Waals surface area (Å²) in [6.45, 7) is 0.707. The lowest BCUT2D eigenvalue weighted by molar-refractivity contribution is 0.0602. The summed E-state index contributed by atoms with van der Waals surface area (Å²) in [4.78, 5) is 15.6. The Morgan fingerprint density at radius 1 is 1.53 bits per heavy atom. The van der Waals surface area contributed by atoms with Crippen LogP contribution < -0.4 is 11.1 Å². The van der Waals surface area contributed by atoms with E-state index in [1.54, 1.807) is 17.4 Å². The van der Waals surface area contributed by atoms with Crippen LogP contribution in [0.3, 0.4) is 0 Å². The fourth-order valence-electron chi connectivity index (χ4n) is 1.66. The molecule has 0 amide bonds. The number of methoxy groups -OCH3 is 1. The number of nitrogens with one attached hydrogen (secondary N) is 1. The van der Waals surface area contributed by atoms with E-state index in [4.69, 9.17) is 5.73 Å². The third-order valence-electron chi connectivity index (χ3n) is 2.68. The molecule has 0 fully saturated rings. The molecule has 0 aliphatic heterocycles. The van der Waals surface area contributed by atoms with E-state index in [1.807, 2.05) is 5.38 Å². The number of esters is 1. The highest BCUT2D eigenvalue weighted by Crippen LogP contribution is 2.20. The van der Waals surface area contributed by atoms with Crippen LogP contribution in [0.15, 0.2) is 29.1 Å². The van der Waals surface area contributed by atoms with Crippen molar-refractivity contribution < 1.29 is 9.53 Å². The summed E-state index contributed by atoms with van der Waals surface area (Å²) < 4.78 is 4.66. The van der Waals surface area contributed by atoms with Crippen LogP contribution >= 0.6 is 11.3 Å². The van der Waals surface area contributed by atoms with Crippen molar-refractivity contribution in [3.63, 3.8) is 0 Å². The number of hydrogen-bond donors (Lipinski definition) is 2. The summed E-state index contributed by atoms with van der Waals surface area (Å²) >= 11 is 1.67. The van der Waals surface area contributed by atoms with Gasteiger partial charge in [0.15, 0.2) is 0 Å². The second-order valence-electron chi connectivity index (χ2n) is 3.92. The number of carbonyl (C=O) groups excluding carboxylic acids is 1. The Hall–Kier alpha value is -2.08. The Kier molecular flexibility index (Phi) is 4.35. The van der Waals surface area contributed by atoms with Crippen LogP contribution in [0, 0.1) is 0 Å². The maximum Gasteiger partial charge on any atom is 0.340 e. The van der Waals surface area contributed by atoms with Crippen LogP contribution in [-0.4, -0.2) is 24.6 Å². The summed E-state index contributed by atoms with van der Waals surface area (Å²) in [7, 11) is 1.33. The third kappa shape index (κ3) is 3.23. The number of carbonyl (C=O) groups is 1. The minimum absolute atomic E-state index is 0.319. The summed E-state index contributed by atoms with van der Waals surface area (Å²) in [5, 5.41) is 7.27. The van der Waals surface area contributed by atoms with E-state index >= 15 is 0 Å². The number of thiophene rings is 1. The maximum atomic E-state index is 11.5. The van der Waals surface area contributed by atoms with Crippen molar-refractivity contribution in [1.29, 1.82) is 0 Å². The van der Waals surface area contributed by atoms with E-state index in [2.05, 4.69) is 26.5 Å². The number of nitrogens with zero attached hydrogens (tertiary/aromatic N) is 1. The SMILES string of the molecule is COC(=O)c1ccnc(NCCc2ccsc2)c1N. The van der Waals surface area contributed by atoms with Crippen LogP contribution in [0.2, 0.25) is 0 Å². The molecule has 0 aliphatic carbocycles. The molecule has 0 spiro atoms. The fraction of sp³-hybridized carbons (Fsp3) is 0.231. The van der Waals surface area contributed by atoms with Gasteiger partial charge >= 0.3 is 5.97 Å². The molecule has 0 aliphatic rings. The molecule has 0 bridgehead atoms. The Morgan fingerprint density at radius 2 is 2.37 bits per heavy atom. The van der Waals surface area contributed by atoms with Crippen molar-refractivity contribution in [3.8, 4) is 0 Å². The van der Waals surface area contributed by atoms with Crippen molar-refractivity contribution in [2.24, 2.45) is 0 Å². The van der Waals surface area contributed by atoms with Gasteiger partial charge in [0, 0.05) is 12.7 Å². The summed E-state index contributed by atoms with van der Waals surface area (Å²) in [6.07, 6.45) is 2.42. The molecule has 100 valence electrons. The molecule has 2 aromatic rings. The van der Waals surface area contributed by atoms with Gasteiger partial charge in [0.1, 0.15) is 5.82 Å². The van der Waals surface area contributed by atoms with E-state index in [-0.39, 0.29) is 0 Å². The van der Waals surface area contributed by atoms with Crippen molar-refractivity contribution >= 4 is 28.8 Å². The smallest absolute Gasteiger partial charge is 0.340 e. The van der Waals surface area contributed by atoms with Crippen LogP contribution in [0.1, 0.15) is 15.9 Å². The van der Waals surface area contributed by atoms with Crippen LogP contribution in [0.25, 0.3) is 0 Å². The second-order valence-corrected chi connectivity index (χ2v) is 4.70. The molecule has 0 radical (unpaired) electrons. The number of nitrogen functional groups attached to an aromatic ring is 1. The standard InChI is InChI=1S/C13H15N3O2S/c1-18-13(17)10-3-6-16-12(11(10)14)15-5-2-9-4-7-19-8-9/h3-4,6-8H,2,5,14H2,1H3,(H,15,16). The van der Waals surface area contributed by atoms with Gasteiger partial charge < -0.3 is 15.8 Å². The van der Waals surface area contributed by atoms with Gasteiger partial charge in [-0.05, 0) is 34.9 Å². The molecular formula is C13H15N3O2S. The molecule has 3 N–H and O–H groups in total. The maximum absolute atomic E-state index is 11.5. The van der Waals surface area contributed by atoms with Gasteiger partial charge in [-0.25, -0.2) is 9.78 Å². The lowest BCUT2D eigenvalue weighted by Gasteiger charge is -2.10. The highest BCUT2D eigenvalue weighted by atomic mass is 32.1. The predicted molar refractivity (Wildman–Crippen MR) is 76.5 cm³/mol. The first-order valence-electron chi connectivity index (χ1n) is 5.80. The molecule has 0 atom stereocenters. The van der Waals surface area contributed by atoms with Crippen molar-refractivity contribution in [2.75, 3.05) is 24.7 Å². The lowest BCUT2D eigenvalue weighted by atomic mass is 10.2. The number of hydrogen-bond acceptors (Lipinski definition) is 6. The van der Waals surface area contributed by atoms with Crippen LogP contribution in [0.4, 0.5) is 11.5 Å². The van der Waals surface area contributed by atoms with E-state index in [9.17, 15) is 4.79 Å². The van der Waals surface area contributed by atoms with Crippen molar-refractivity contribution in [3.05, 3.63) is 40.2 Å². The predicted octanol–water partition coefficient (Wildman–Crippen LogP) is 2.17. The molecule has 6 heteroatoms. The first-order chi connectivity index (χ1) is 9.22. The number of nitrogens with two attached hydrogens (primary N) is 1. The number of ether oxygens (including phenoxy) is 1. The Bertz CT molecular complexity index is 555. The Balaban J connectivity index is 2.02. The highest BCUT2D eigenvalue weighted by molar-refractivity contribution is 7.07. The van der Waals surface area contributed by atoms with Crippen molar-refractivity contribution in [2.45, 2.75) is 6.42 Å². The minimum Gasteiger partial charge on any atom is -0.465 e. The van der Waals surface area contributed by atoms with E-state index < -0.39 is 5.97 Å². The Morgan fingerprint density at radius 3 is 3.05 bits per heavy atom. The monoisotopic (exact) mass is 277 g/mol. The normalized spacial score (nSPS) is 10.2. The lowest BCUT2D eigenvalue weighted by Crippen LogP contribution is -2.12. The molecular weight excluding hydrogens is 262 g/mol. The van der Waals surface area contributed by atoms with Gasteiger partial charge in [0.05, 0.1) is 18.4 Å². The van der Waals surface area contributed by atoms with Gasteiger partial charge in [-0.2, -0.15) is 11.3 Å². The minimum atomic E-state index is -0.458. The Labute approximate surface area is 115 Å². The van der Waals surface area contributed by atoms with Gasteiger partial charge in [-0.15, -0.1) is 0 Å². The first kappa shape index (κ1) is 13.4. The zero-order valence-corrected chi connectivity index (χ0v) is 11.4. The molecule has 19 heavy (non-hydrogen) atoms. The van der Waals surface area contributed by atoms with Crippen molar-refractivity contribution in [1.82, 2.24) is 4.98 Å². The number of aromatic nitrogens is 1. The number of pyridine rings is 1. The van der Waals surface area contributed by atoms with Crippen LogP contribution in [0.5, 0.6) is 0 Å². The molecule has 5 nitrogen and oxygen atoms in total. The molecule has 0 saturated carbocycles. The topological polar surface area (TPSA) is 77.2 Å². The van der Waals surface area contributed by atoms with Gasteiger partial charge in [0.2, 0.25) is 0 Å². The fourth-order valence-corrected chi connectivity index (χ4v) is 2.37. The van der Waals surface area contributed by atoms with E-state index in [0.717, 1.165) is 6.42 Å². The summed E-state index contributed by atoms with van der Waals surface area (Å²) in [5.41, 5.74) is 7.81. The average molecular weight is 277 g/mol. The number of anilines is 2. The number of rotatable bonds is 5.